The Morgan fingerprint density at radius 1 is 0.885 bits per heavy atom. The van der Waals surface area contributed by atoms with Crippen LogP contribution >= 0.6 is 0 Å². The fourth-order valence-corrected chi connectivity index (χ4v) is 3.01. The molecule has 0 aromatic heterocycles. The molecule has 0 radical (unpaired) electrons. The summed E-state index contributed by atoms with van der Waals surface area (Å²) in [5, 5.41) is 11.6. The van der Waals surface area contributed by atoms with Gasteiger partial charge in [-0.15, -0.1) is 0 Å². The second kappa shape index (κ2) is 11.6. The van der Waals surface area contributed by atoms with Gasteiger partial charge in [0.2, 0.25) is 0 Å². The Morgan fingerprint density at radius 2 is 1.54 bits per heavy atom. The molecule has 0 saturated heterocycles. The lowest BCUT2D eigenvalue weighted by molar-refractivity contribution is 0.253. The average molecular weight is 353 g/mol. The maximum absolute atomic E-state index is 9.26. The summed E-state index contributed by atoms with van der Waals surface area (Å²) in [5.41, 5.74) is 0.922. The number of benzene rings is 2. The molecule has 0 amide bonds. The van der Waals surface area contributed by atoms with E-state index in [4.69, 9.17) is 4.74 Å². The Balaban J connectivity index is 1.75. The zero-order valence-corrected chi connectivity index (χ0v) is 16.3. The number of hydrogen-bond acceptors (Lipinski definition) is 2. The van der Waals surface area contributed by atoms with Crippen LogP contribution in [0.2, 0.25) is 0 Å². The van der Waals surface area contributed by atoms with Gasteiger partial charge in [-0.25, -0.2) is 0 Å². The normalized spacial score (nSPS) is 11.8. The molecule has 0 fully saturated rings. The van der Waals surface area contributed by atoms with Crippen LogP contribution in [0.3, 0.4) is 0 Å². The van der Waals surface area contributed by atoms with E-state index in [1.165, 1.54) is 44.9 Å². The molecular formula is C24H32O2. The maximum atomic E-state index is 9.26. The molecule has 0 spiro atoms. The van der Waals surface area contributed by atoms with Crippen molar-refractivity contribution >= 4 is 10.8 Å². The molecule has 26 heavy (non-hydrogen) atoms. The lowest BCUT2D eigenvalue weighted by atomic mass is 10.1. The van der Waals surface area contributed by atoms with Gasteiger partial charge in [-0.3, -0.25) is 0 Å². The third kappa shape index (κ3) is 7.50. The molecule has 1 N–H and O–H groups in total. The van der Waals surface area contributed by atoms with Crippen LogP contribution in [0.15, 0.2) is 36.4 Å². The van der Waals surface area contributed by atoms with Crippen molar-refractivity contribution in [3.05, 3.63) is 42.0 Å². The lowest BCUT2D eigenvalue weighted by Crippen LogP contribution is -1.97. The van der Waals surface area contributed by atoms with Crippen LogP contribution in [0, 0.1) is 11.8 Å². The second-order valence-corrected chi connectivity index (χ2v) is 6.99. The molecule has 2 nitrogen and oxygen atoms in total. The fourth-order valence-electron chi connectivity index (χ4n) is 3.01. The van der Waals surface area contributed by atoms with Gasteiger partial charge >= 0.3 is 0 Å². The molecule has 0 aliphatic heterocycles. The summed E-state index contributed by atoms with van der Waals surface area (Å²) in [6.07, 6.45) is 9.91. The summed E-state index contributed by atoms with van der Waals surface area (Å²) >= 11 is 0. The highest BCUT2D eigenvalue weighted by molar-refractivity contribution is 5.85. The van der Waals surface area contributed by atoms with Crippen LogP contribution in [-0.4, -0.2) is 17.8 Å². The summed E-state index contributed by atoms with van der Waals surface area (Å²) in [6, 6.07) is 12.3. The van der Waals surface area contributed by atoms with Crippen molar-refractivity contribution in [1.82, 2.24) is 0 Å². The minimum Gasteiger partial charge on any atom is -0.494 e. The van der Waals surface area contributed by atoms with Gasteiger partial charge < -0.3 is 9.84 Å². The van der Waals surface area contributed by atoms with E-state index in [0.717, 1.165) is 35.1 Å². The topological polar surface area (TPSA) is 29.5 Å². The van der Waals surface area contributed by atoms with Crippen LogP contribution < -0.4 is 4.74 Å². The molecule has 140 valence electrons. The van der Waals surface area contributed by atoms with Crippen LogP contribution in [0.5, 0.6) is 5.75 Å². The number of fused-ring (bicyclic) bond motifs is 1. The molecule has 1 unspecified atom stereocenters. The molecule has 2 aromatic rings. The van der Waals surface area contributed by atoms with E-state index in [1.54, 1.807) is 6.92 Å². The molecule has 1 atom stereocenters. The molecule has 2 rings (SSSR count). The van der Waals surface area contributed by atoms with Crippen molar-refractivity contribution in [2.45, 2.75) is 71.3 Å². The highest BCUT2D eigenvalue weighted by Crippen LogP contribution is 2.22. The monoisotopic (exact) mass is 352 g/mol. The number of aliphatic hydroxyl groups is 1. The van der Waals surface area contributed by atoms with E-state index in [1.807, 2.05) is 18.2 Å². The molecule has 0 heterocycles. The van der Waals surface area contributed by atoms with Crippen molar-refractivity contribution in [3.63, 3.8) is 0 Å². The molecule has 2 aromatic carbocycles. The van der Waals surface area contributed by atoms with Gasteiger partial charge in [-0.2, -0.15) is 0 Å². The summed E-state index contributed by atoms with van der Waals surface area (Å²) in [5.74, 6) is 6.70. The first kappa shape index (κ1) is 20.3. The molecule has 0 bridgehead atoms. The van der Waals surface area contributed by atoms with Crippen LogP contribution in [0.25, 0.3) is 10.8 Å². The predicted molar refractivity (Wildman–Crippen MR) is 111 cm³/mol. The zero-order chi connectivity index (χ0) is 18.6. The molecule has 2 heteroatoms. The highest BCUT2D eigenvalue weighted by atomic mass is 16.5. The molecule has 0 aliphatic carbocycles. The van der Waals surface area contributed by atoms with Crippen molar-refractivity contribution in [3.8, 4) is 17.6 Å². The van der Waals surface area contributed by atoms with Crippen LogP contribution in [0.4, 0.5) is 0 Å². The summed E-state index contributed by atoms with van der Waals surface area (Å²) in [7, 11) is 0. The van der Waals surface area contributed by atoms with Gasteiger partial charge in [-0.05, 0) is 48.4 Å². The fraction of sp³-hybridized carbons (Fsp3) is 0.500. The minimum absolute atomic E-state index is 0.599. The Hall–Kier alpha value is -1.98. The maximum Gasteiger partial charge on any atom is 0.119 e. The van der Waals surface area contributed by atoms with E-state index in [2.05, 4.69) is 37.0 Å². The van der Waals surface area contributed by atoms with Gasteiger partial charge in [-0.1, -0.05) is 75.8 Å². The minimum atomic E-state index is -0.599. The Labute approximate surface area is 158 Å². The summed E-state index contributed by atoms with van der Waals surface area (Å²) in [4.78, 5) is 0. The molecule has 0 aliphatic rings. The van der Waals surface area contributed by atoms with Gasteiger partial charge in [0.15, 0.2) is 0 Å². The van der Waals surface area contributed by atoms with Crippen molar-refractivity contribution in [2.24, 2.45) is 0 Å². The second-order valence-electron chi connectivity index (χ2n) is 6.99. The number of hydrogen-bond donors (Lipinski definition) is 1. The van der Waals surface area contributed by atoms with E-state index in [0.29, 0.717) is 0 Å². The van der Waals surface area contributed by atoms with E-state index in [9.17, 15) is 5.11 Å². The molecular weight excluding hydrogens is 320 g/mol. The number of aliphatic hydroxyl groups excluding tert-OH is 1. The predicted octanol–water partition coefficient (Wildman–Crippen LogP) is 6.09. The lowest BCUT2D eigenvalue weighted by Gasteiger charge is -2.08. The quantitative estimate of drug-likeness (QED) is 0.414. The Kier molecular flexibility index (Phi) is 9.07. The Bertz CT molecular complexity index is 722. The van der Waals surface area contributed by atoms with Gasteiger partial charge in [0.1, 0.15) is 11.9 Å². The first-order valence-corrected chi connectivity index (χ1v) is 10.1. The average Bonchev–Trinajstić information content (AvgIpc) is 2.65. The third-order valence-electron chi connectivity index (χ3n) is 4.50. The van der Waals surface area contributed by atoms with Gasteiger partial charge in [0.25, 0.3) is 0 Å². The number of rotatable bonds is 10. The van der Waals surface area contributed by atoms with E-state index < -0.39 is 6.10 Å². The van der Waals surface area contributed by atoms with Gasteiger partial charge in [0, 0.05) is 5.56 Å². The van der Waals surface area contributed by atoms with Crippen molar-refractivity contribution < 1.29 is 9.84 Å². The summed E-state index contributed by atoms with van der Waals surface area (Å²) < 4.78 is 5.91. The summed E-state index contributed by atoms with van der Waals surface area (Å²) in [6.45, 7) is 4.72. The number of ether oxygens (including phenoxy) is 1. The highest BCUT2D eigenvalue weighted by Gasteiger charge is 1.99. The van der Waals surface area contributed by atoms with Crippen LogP contribution in [-0.2, 0) is 0 Å². The van der Waals surface area contributed by atoms with Crippen LogP contribution in [0.1, 0.15) is 70.8 Å². The van der Waals surface area contributed by atoms with E-state index in [-0.39, 0.29) is 0 Å². The first-order chi connectivity index (χ1) is 12.7. The zero-order valence-electron chi connectivity index (χ0n) is 16.3. The smallest absolute Gasteiger partial charge is 0.119 e. The molecule has 0 saturated carbocycles. The number of unbranched alkanes of at least 4 members (excludes halogenated alkanes) is 7. The standard InChI is InChI=1S/C24H32O2/c1-3-4-5-6-7-8-9-10-17-26-24-16-15-22-18-21(12-11-20(2)25)13-14-23(22)19-24/h13-16,18-20,25H,3-10,17H2,1-2H3. The van der Waals surface area contributed by atoms with Gasteiger partial charge in [0.05, 0.1) is 6.61 Å². The largest absolute Gasteiger partial charge is 0.494 e. The van der Waals surface area contributed by atoms with E-state index >= 15 is 0 Å². The third-order valence-corrected chi connectivity index (χ3v) is 4.50. The van der Waals surface area contributed by atoms with Crippen molar-refractivity contribution in [2.75, 3.05) is 6.61 Å². The first-order valence-electron chi connectivity index (χ1n) is 10.1. The Morgan fingerprint density at radius 3 is 2.27 bits per heavy atom. The SMILES string of the molecule is CCCCCCCCCCOc1ccc2cc(C#CC(C)O)ccc2c1. The van der Waals surface area contributed by atoms with Crippen molar-refractivity contribution in [1.29, 1.82) is 0 Å².